The van der Waals surface area contributed by atoms with Crippen LogP contribution in [0.3, 0.4) is 0 Å². The van der Waals surface area contributed by atoms with E-state index in [9.17, 15) is 4.79 Å². The number of carbonyl (C=O) groups excluding carboxylic acids is 1. The van der Waals surface area contributed by atoms with Crippen LogP contribution in [-0.4, -0.2) is 47.2 Å². The molecule has 1 unspecified atom stereocenters. The van der Waals surface area contributed by atoms with Crippen LogP contribution in [0.25, 0.3) is 0 Å². The molecule has 1 aliphatic heterocycles. The third-order valence-electron chi connectivity index (χ3n) is 2.80. The highest BCUT2D eigenvalue weighted by molar-refractivity contribution is 5.75. The van der Waals surface area contributed by atoms with Crippen molar-refractivity contribution in [3.05, 3.63) is 11.9 Å². The van der Waals surface area contributed by atoms with Crippen molar-refractivity contribution in [2.24, 2.45) is 0 Å². The van der Waals surface area contributed by atoms with E-state index >= 15 is 0 Å². The third-order valence-corrected chi connectivity index (χ3v) is 2.80. The molecule has 18 heavy (non-hydrogen) atoms. The number of nitrogens with zero attached hydrogens (tertiary/aromatic N) is 3. The van der Waals surface area contributed by atoms with Crippen molar-refractivity contribution in [3.8, 4) is 0 Å². The maximum Gasteiger partial charge on any atom is 0.241 e. The van der Waals surface area contributed by atoms with E-state index < -0.39 is 0 Å². The molecule has 0 radical (unpaired) electrons. The average molecular weight is 253 g/mol. The summed E-state index contributed by atoms with van der Waals surface area (Å²) < 4.78 is 6.97. The Balaban J connectivity index is 1.72. The van der Waals surface area contributed by atoms with Gasteiger partial charge in [0.15, 0.2) is 0 Å². The van der Waals surface area contributed by atoms with Gasteiger partial charge in [-0.15, -0.1) is 5.10 Å². The molecule has 2 rings (SSSR count). The van der Waals surface area contributed by atoms with E-state index in [4.69, 9.17) is 4.74 Å². The molecule has 7 heteroatoms. The zero-order valence-electron chi connectivity index (χ0n) is 10.6. The molecular formula is C11H19N5O2. The standard InChI is InChI=1S/C11H19N5O2/c1-12-5-9-7-16(15-14-9)8-11(17)13-6-10-3-2-4-18-10/h7,10,12H,2-6,8H2,1H3,(H,13,17). The monoisotopic (exact) mass is 253 g/mol. The summed E-state index contributed by atoms with van der Waals surface area (Å²) in [5.41, 5.74) is 0.824. The van der Waals surface area contributed by atoms with Gasteiger partial charge in [-0.1, -0.05) is 5.21 Å². The summed E-state index contributed by atoms with van der Waals surface area (Å²) in [6, 6.07) is 0. The SMILES string of the molecule is CNCc1cn(CC(=O)NCC2CCCO2)nn1. The number of hydrogen-bond acceptors (Lipinski definition) is 5. The highest BCUT2D eigenvalue weighted by atomic mass is 16.5. The first-order valence-corrected chi connectivity index (χ1v) is 6.20. The predicted octanol–water partition coefficient (Wildman–Crippen LogP) is -0.707. The molecule has 0 aromatic carbocycles. The molecule has 0 aliphatic carbocycles. The van der Waals surface area contributed by atoms with Crippen molar-refractivity contribution in [3.63, 3.8) is 0 Å². The molecule has 1 amide bonds. The zero-order valence-corrected chi connectivity index (χ0v) is 10.6. The molecule has 1 saturated heterocycles. The van der Waals surface area contributed by atoms with Crippen molar-refractivity contribution in [2.75, 3.05) is 20.2 Å². The lowest BCUT2D eigenvalue weighted by Crippen LogP contribution is -2.34. The van der Waals surface area contributed by atoms with Gasteiger partial charge in [-0.3, -0.25) is 4.79 Å². The number of rotatable bonds is 6. The van der Waals surface area contributed by atoms with E-state index in [0.29, 0.717) is 13.1 Å². The fraction of sp³-hybridized carbons (Fsp3) is 0.727. The molecule has 1 aromatic heterocycles. The van der Waals surface area contributed by atoms with E-state index in [-0.39, 0.29) is 18.6 Å². The first-order chi connectivity index (χ1) is 8.78. The number of ether oxygens (including phenoxy) is 1. The van der Waals surface area contributed by atoms with Gasteiger partial charge in [0.2, 0.25) is 5.91 Å². The van der Waals surface area contributed by atoms with Gasteiger partial charge in [0.1, 0.15) is 6.54 Å². The van der Waals surface area contributed by atoms with Gasteiger partial charge >= 0.3 is 0 Å². The van der Waals surface area contributed by atoms with Crippen LogP contribution in [0.1, 0.15) is 18.5 Å². The highest BCUT2D eigenvalue weighted by Crippen LogP contribution is 2.10. The molecule has 0 saturated carbocycles. The van der Waals surface area contributed by atoms with Crippen LogP contribution >= 0.6 is 0 Å². The van der Waals surface area contributed by atoms with Gasteiger partial charge in [0.05, 0.1) is 18.0 Å². The van der Waals surface area contributed by atoms with Crippen molar-refractivity contribution in [1.29, 1.82) is 0 Å². The van der Waals surface area contributed by atoms with E-state index in [1.165, 1.54) is 4.68 Å². The van der Waals surface area contributed by atoms with Crippen LogP contribution in [0.5, 0.6) is 0 Å². The quantitative estimate of drug-likeness (QED) is 0.700. The Bertz CT molecular complexity index is 387. The summed E-state index contributed by atoms with van der Waals surface area (Å²) in [6.07, 6.45) is 4.04. The number of aromatic nitrogens is 3. The van der Waals surface area contributed by atoms with Crippen LogP contribution in [0.2, 0.25) is 0 Å². The first kappa shape index (κ1) is 13.0. The van der Waals surface area contributed by atoms with Crippen molar-refractivity contribution in [1.82, 2.24) is 25.6 Å². The summed E-state index contributed by atoms with van der Waals surface area (Å²) in [5.74, 6) is -0.0635. The van der Waals surface area contributed by atoms with Gasteiger partial charge in [0.25, 0.3) is 0 Å². The number of carbonyl (C=O) groups is 1. The maximum absolute atomic E-state index is 11.7. The van der Waals surface area contributed by atoms with Gasteiger partial charge < -0.3 is 15.4 Å². The fourth-order valence-electron chi connectivity index (χ4n) is 1.91. The molecular weight excluding hydrogens is 234 g/mol. The Hall–Kier alpha value is -1.47. The topological polar surface area (TPSA) is 81.1 Å². The lowest BCUT2D eigenvalue weighted by molar-refractivity contribution is -0.122. The summed E-state index contributed by atoms with van der Waals surface area (Å²) in [4.78, 5) is 11.7. The number of hydrogen-bond donors (Lipinski definition) is 2. The molecule has 1 atom stereocenters. The molecule has 2 N–H and O–H groups in total. The van der Waals surface area contributed by atoms with Gasteiger partial charge in [-0.05, 0) is 19.9 Å². The van der Waals surface area contributed by atoms with Gasteiger partial charge in [-0.2, -0.15) is 0 Å². The number of amides is 1. The van der Waals surface area contributed by atoms with E-state index in [0.717, 1.165) is 25.1 Å². The van der Waals surface area contributed by atoms with E-state index in [2.05, 4.69) is 20.9 Å². The minimum atomic E-state index is -0.0635. The molecule has 1 aliphatic rings. The molecule has 1 fully saturated rings. The van der Waals surface area contributed by atoms with Gasteiger partial charge in [0, 0.05) is 19.7 Å². The second kappa shape index (κ2) is 6.46. The highest BCUT2D eigenvalue weighted by Gasteiger charge is 2.16. The van der Waals surface area contributed by atoms with Crippen LogP contribution in [0, 0.1) is 0 Å². The Morgan fingerprint density at radius 2 is 2.56 bits per heavy atom. The summed E-state index contributed by atoms with van der Waals surface area (Å²) >= 11 is 0. The predicted molar refractivity (Wildman–Crippen MR) is 64.8 cm³/mol. The van der Waals surface area contributed by atoms with Crippen molar-refractivity contribution < 1.29 is 9.53 Å². The first-order valence-electron chi connectivity index (χ1n) is 6.20. The number of nitrogens with one attached hydrogen (secondary N) is 2. The second-order valence-electron chi connectivity index (χ2n) is 4.38. The Kier molecular flexibility index (Phi) is 4.66. The molecule has 0 spiro atoms. The zero-order chi connectivity index (χ0) is 12.8. The lowest BCUT2D eigenvalue weighted by atomic mass is 10.2. The summed E-state index contributed by atoms with van der Waals surface area (Å²) in [5, 5.41) is 13.7. The minimum Gasteiger partial charge on any atom is -0.376 e. The molecule has 0 bridgehead atoms. The molecule has 100 valence electrons. The van der Waals surface area contributed by atoms with Crippen LogP contribution < -0.4 is 10.6 Å². The average Bonchev–Trinajstić information content (AvgIpc) is 2.99. The third kappa shape index (κ3) is 3.78. The molecule has 7 nitrogen and oxygen atoms in total. The second-order valence-corrected chi connectivity index (χ2v) is 4.38. The molecule has 1 aromatic rings. The summed E-state index contributed by atoms with van der Waals surface area (Å²) in [7, 11) is 1.84. The van der Waals surface area contributed by atoms with Crippen LogP contribution in [0.15, 0.2) is 6.20 Å². The Labute approximate surface area is 106 Å². The van der Waals surface area contributed by atoms with E-state index in [1.807, 2.05) is 7.05 Å². The smallest absolute Gasteiger partial charge is 0.241 e. The lowest BCUT2D eigenvalue weighted by Gasteiger charge is -2.10. The van der Waals surface area contributed by atoms with Crippen molar-refractivity contribution in [2.45, 2.75) is 32.0 Å². The Morgan fingerprint density at radius 1 is 1.67 bits per heavy atom. The maximum atomic E-state index is 11.7. The van der Waals surface area contributed by atoms with Crippen LogP contribution in [-0.2, 0) is 22.6 Å². The van der Waals surface area contributed by atoms with E-state index in [1.54, 1.807) is 6.20 Å². The summed E-state index contributed by atoms with van der Waals surface area (Å²) in [6.45, 7) is 2.23. The van der Waals surface area contributed by atoms with Gasteiger partial charge in [-0.25, -0.2) is 4.68 Å². The fourth-order valence-corrected chi connectivity index (χ4v) is 1.91. The van der Waals surface area contributed by atoms with Crippen molar-refractivity contribution >= 4 is 5.91 Å². The Morgan fingerprint density at radius 3 is 3.28 bits per heavy atom. The normalized spacial score (nSPS) is 19.1. The van der Waals surface area contributed by atoms with Crippen LogP contribution in [0.4, 0.5) is 0 Å². The molecule has 2 heterocycles. The minimum absolute atomic E-state index is 0.0635. The largest absolute Gasteiger partial charge is 0.376 e.